The third-order valence-electron chi connectivity index (χ3n) is 4.29. The summed E-state index contributed by atoms with van der Waals surface area (Å²) >= 11 is 7.55. The molecule has 4 rings (SSSR count). The summed E-state index contributed by atoms with van der Waals surface area (Å²) in [4.78, 5) is 13.1. The lowest BCUT2D eigenvalue weighted by Gasteiger charge is -2.16. The summed E-state index contributed by atoms with van der Waals surface area (Å²) in [5.74, 6) is -0.149. The third-order valence-corrected chi connectivity index (χ3v) is 5.90. The largest absolute Gasteiger partial charge is 0.325 e. The maximum atomic E-state index is 13.1. The molecule has 0 fully saturated rings. The fourth-order valence-corrected chi connectivity index (χ4v) is 3.99. The van der Waals surface area contributed by atoms with Crippen LogP contribution in [0.25, 0.3) is 5.65 Å². The number of carbonyl (C=O) groups is 1. The molecule has 5 nitrogen and oxygen atoms in total. The van der Waals surface area contributed by atoms with Crippen molar-refractivity contribution in [1.82, 2.24) is 14.6 Å². The van der Waals surface area contributed by atoms with Crippen LogP contribution in [0.4, 0.5) is 5.69 Å². The number of benzene rings is 2. The molecule has 0 bridgehead atoms. The number of hydrogen-bond donors (Lipinski definition) is 1. The molecule has 0 aliphatic carbocycles. The number of thioether (sulfide) groups is 1. The highest BCUT2D eigenvalue weighted by molar-refractivity contribution is 8.00. The highest BCUT2D eigenvalue weighted by atomic mass is 35.5. The van der Waals surface area contributed by atoms with Crippen molar-refractivity contribution < 1.29 is 4.79 Å². The van der Waals surface area contributed by atoms with E-state index in [1.165, 1.54) is 11.8 Å². The molecule has 1 atom stereocenters. The van der Waals surface area contributed by atoms with Crippen molar-refractivity contribution in [1.29, 1.82) is 0 Å². The van der Waals surface area contributed by atoms with Crippen LogP contribution in [0.3, 0.4) is 0 Å². The Morgan fingerprint density at radius 2 is 1.86 bits per heavy atom. The Hall–Kier alpha value is -2.83. The van der Waals surface area contributed by atoms with Gasteiger partial charge in [0.05, 0.1) is 0 Å². The standard InChI is InChI=1S/C21H17ClN4OS/c1-14-10-11-16(13-17(14)22)23-20(27)19(15-7-3-2-4-8-15)28-21-25-24-18-9-5-6-12-26(18)21/h2-13,19H,1H3,(H,23,27)/t19-/m1/s1. The van der Waals surface area contributed by atoms with Crippen LogP contribution in [0, 0.1) is 6.92 Å². The summed E-state index contributed by atoms with van der Waals surface area (Å²) in [6.45, 7) is 1.92. The van der Waals surface area contributed by atoms with E-state index in [1.54, 1.807) is 6.07 Å². The Morgan fingerprint density at radius 3 is 2.64 bits per heavy atom. The molecule has 0 saturated carbocycles. The van der Waals surface area contributed by atoms with Crippen molar-refractivity contribution in [3.8, 4) is 0 Å². The van der Waals surface area contributed by atoms with Gasteiger partial charge in [-0.1, -0.05) is 65.8 Å². The zero-order valence-electron chi connectivity index (χ0n) is 15.0. The molecule has 2 heterocycles. The summed E-state index contributed by atoms with van der Waals surface area (Å²) in [5.41, 5.74) is 3.25. The molecule has 28 heavy (non-hydrogen) atoms. The van der Waals surface area contributed by atoms with Crippen LogP contribution in [0.2, 0.25) is 5.02 Å². The molecule has 2 aromatic carbocycles. The van der Waals surface area contributed by atoms with Crippen LogP contribution >= 0.6 is 23.4 Å². The van der Waals surface area contributed by atoms with Crippen LogP contribution < -0.4 is 5.32 Å². The number of aryl methyl sites for hydroxylation is 1. The summed E-state index contributed by atoms with van der Waals surface area (Å²) in [6.07, 6.45) is 1.89. The molecule has 7 heteroatoms. The van der Waals surface area contributed by atoms with Crippen molar-refractivity contribution >= 4 is 40.6 Å². The molecule has 4 aromatic rings. The molecule has 0 saturated heterocycles. The van der Waals surface area contributed by atoms with Gasteiger partial charge in [-0.2, -0.15) is 0 Å². The molecule has 140 valence electrons. The number of fused-ring (bicyclic) bond motifs is 1. The van der Waals surface area contributed by atoms with Gasteiger partial charge in [0.15, 0.2) is 10.8 Å². The molecule has 0 aliphatic rings. The topological polar surface area (TPSA) is 59.3 Å². The first kappa shape index (κ1) is 18.5. The quantitative estimate of drug-likeness (QED) is 0.463. The molecular formula is C21H17ClN4OS. The van der Waals surface area contributed by atoms with Crippen LogP contribution in [-0.2, 0) is 4.79 Å². The predicted octanol–water partition coefficient (Wildman–Crippen LogP) is 5.16. The van der Waals surface area contributed by atoms with E-state index in [0.717, 1.165) is 16.8 Å². The lowest BCUT2D eigenvalue weighted by Crippen LogP contribution is -2.19. The lowest BCUT2D eigenvalue weighted by molar-refractivity contribution is -0.115. The third kappa shape index (κ3) is 3.88. The first-order chi connectivity index (χ1) is 13.6. The van der Waals surface area contributed by atoms with Crippen molar-refractivity contribution in [2.75, 3.05) is 5.32 Å². The van der Waals surface area contributed by atoms with E-state index in [4.69, 9.17) is 11.6 Å². The van der Waals surface area contributed by atoms with E-state index in [-0.39, 0.29) is 5.91 Å². The van der Waals surface area contributed by atoms with E-state index in [1.807, 2.05) is 78.2 Å². The Balaban J connectivity index is 1.65. The first-order valence-electron chi connectivity index (χ1n) is 8.70. The molecule has 0 spiro atoms. The van der Waals surface area contributed by atoms with E-state index in [2.05, 4.69) is 15.5 Å². The van der Waals surface area contributed by atoms with Gasteiger partial charge >= 0.3 is 0 Å². The molecular weight excluding hydrogens is 392 g/mol. The van der Waals surface area contributed by atoms with Crippen molar-refractivity contribution in [2.45, 2.75) is 17.3 Å². The summed E-state index contributed by atoms with van der Waals surface area (Å²) in [5, 5.41) is 12.2. The Kier molecular flexibility index (Phi) is 5.32. The van der Waals surface area contributed by atoms with E-state index in [9.17, 15) is 4.79 Å². The fraction of sp³-hybridized carbons (Fsp3) is 0.0952. The molecule has 1 N–H and O–H groups in total. The Labute approximate surface area is 171 Å². The normalized spacial score (nSPS) is 12.1. The number of nitrogens with zero attached hydrogens (tertiary/aromatic N) is 3. The zero-order chi connectivity index (χ0) is 19.5. The highest BCUT2D eigenvalue weighted by Gasteiger charge is 2.24. The summed E-state index contributed by atoms with van der Waals surface area (Å²) in [6, 6.07) is 20.8. The number of amides is 1. The van der Waals surface area contributed by atoms with Crippen molar-refractivity contribution in [3.63, 3.8) is 0 Å². The van der Waals surface area contributed by atoms with Gasteiger partial charge in [-0.05, 0) is 42.3 Å². The van der Waals surface area contributed by atoms with Crippen LogP contribution in [0.5, 0.6) is 0 Å². The first-order valence-corrected chi connectivity index (χ1v) is 9.96. The van der Waals surface area contributed by atoms with Crippen LogP contribution in [0.15, 0.2) is 78.1 Å². The van der Waals surface area contributed by atoms with Gasteiger partial charge in [0.2, 0.25) is 5.91 Å². The van der Waals surface area contributed by atoms with Gasteiger partial charge < -0.3 is 5.32 Å². The number of carbonyl (C=O) groups excluding carboxylic acids is 1. The second kappa shape index (κ2) is 8.04. The maximum absolute atomic E-state index is 13.1. The Bertz CT molecular complexity index is 1130. The number of halogens is 1. The second-order valence-corrected chi connectivity index (χ2v) is 7.75. The molecule has 1 amide bonds. The van der Waals surface area contributed by atoms with Gasteiger partial charge in [0.25, 0.3) is 0 Å². The predicted molar refractivity (Wildman–Crippen MR) is 113 cm³/mol. The zero-order valence-corrected chi connectivity index (χ0v) is 16.6. The number of pyridine rings is 1. The Morgan fingerprint density at radius 1 is 1.07 bits per heavy atom. The molecule has 0 unspecified atom stereocenters. The SMILES string of the molecule is Cc1ccc(NC(=O)[C@H](Sc2nnc3ccccn23)c2ccccc2)cc1Cl. The minimum absolute atomic E-state index is 0.149. The maximum Gasteiger partial charge on any atom is 0.242 e. The number of rotatable bonds is 5. The van der Waals surface area contributed by atoms with Crippen molar-refractivity contribution in [2.24, 2.45) is 0 Å². The molecule has 2 aromatic heterocycles. The number of nitrogens with one attached hydrogen (secondary N) is 1. The van der Waals surface area contributed by atoms with E-state index < -0.39 is 5.25 Å². The molecule has 0 aliphatic heterocycles. The highest BCUT2D eigenvalue weighted by Crippen LogP contribution is 2.35. The number of aromatic nitrogens is 3. The fourth-order valence-electron chi connectivity index (χ4n) is 2.78. The average molecular weight is 409 g/mol. The monoisotopic (exact) mass is 408 g/mol. The van der Waals surface area contributed by atoms with Gasteiger partial charge in [-0.3, -0.25) is 9.20 Å². The number of hydrogen-bond acceptors (Lipinski definition) is 4. The summed E-state index contributed by atoms with van der Waals surface area (Å²) < 4.78 is 1.87. The van der Waals surface area contributed by atoms with Crippen molar-refractivity contribution in [3.05, 3.63) is 89.1 Å². The smallest absolute Gasteiger partial charge is 0.242 e. The number of anilines is 1. The van der Waals surface area contributed by atoms with Gasteiger partial charge in [0.1, 0.15) is 5.25 Å². The summed E-state index contributed by atoms with van der Waals surface area (Å²) in [7, 11) is 0. The van der Waals surface area contributed by atoms with E-state index in [0.29, 0.717) is 15.9 Å². The second-order valence-electron chi connectivity index (χ2n) is 6.27. The lowest BCUT2D eigenvalue weighted by atomic mass is 10.1. The van der Waals surface area contributed by atoms with Gasteiger partial charge in [-0.15, -0.1) is 10.2 Å². The van der Waals surface area contributed by atoms with Crippen LogP contribution in [0.1, 0.15) is 16.4 Å². The van der Waals surface area contributed by atoms with Crippen LogP contribution in [-0.4, -0.2) is 20.5 Å². The average Bonchev–Trinajstić information content (AvgIpc) is 3.12. The van der Waals surface area contributed by atoms with Gasteiger partial charge in [-0.25, -0.2) is 0 Å². The van der Waals surface area contributed by atoms with Gasteiger partial charge in [0, 0.05) is 16.9 Å². The minimum atomic E-state index is -0.492. The van der Waals surface area contributed by atoms with E-state index >= 15 is 0 Å². The molecule has 0 radical (unpaired) electrons. The minimum Gasteiger partial charge on any atom is -0.325 e.